The van der Waals surface area contributed by atoms with Gasteiger partial charge < -0.3 is 4.74 Å². The highest BCUT2D eigenvalue weighted by atomic mass is 16.5. The summed E-state index contributed by atoms with van der Waals surface area (Å²) in [6.07, 6.45) is 13.0. The lowest BCUT2D eigenvalue weighted by Crippen LogP contribution is -2.14. The molecular weight excluding hydrogens is 350 g/mol. The van der Waals surface area contributed by atoms with Crippen LogP contribution in [0, 0.1) is 5.92 Å². The molecule has 0 saturated heterocycles. The summed E-state index contributed by atoms with van der Waals surface area (Å²) in [6, 6.07) is 7.83. The third kappa shape index (κ3) is 17.1. The Kier molecular flexibility index (Phi) is 20.9. The third-order valence-electron chi connectivity index (χ3n) is 3.83. The predicted octanol–water partition coefficient (Wildman–Crippen LogP) is 6.67. The summed E-state index contributed by atoms with van der Waals surface area (Å²) in [6.45, 7) is 15.0. The average molecular weight is 390 g/mol. The number of carbonyl (C=O) groups excluding carboxylic acids is 1. The molecule has 0 saturated carbocycles. The summed E-state index contributed by atoms with van der Waals surface area (Å²) >= 11 is 0. The van der Waals surface area contributed by atoms with Gasteiger partial charge in [-0.15, -0.1) is 0 Å². The van der Waals surface area contributed by atoms with Crippen molar-refractivity contribution in [2.75, 3.05) is 0 Å². The molecule has 4 heteroatoms. The van der Waals surface area contributed by atoms with E-state index in [4.69, 9.17) is 9.94 Å². The van der Waals surface area contributed by atoms with Gasteiger partial charge in [0, 0.05) is 6.08 Å². The molecule has 0 aliphatic rings. The molecule has 0 aliphatic carbocycles. The molecule has 28 heavy (non-hydrogen) atoms. The van der Waals surface area contributed by atoms with Gasteiger partial charge in [0.05, 0.1) is 6.26 Å². The Bertz CT molecular complexity index is 565. The standard InChI is InChI=1S/C14H15NO3.C8H18.C2H6/c1-2-12-6-5-7-13(10-12)11-18-9-4-3-8-14(16)15-17;1-4-6-7-8(3)5-2;1-2/h2-10,17H,1,11H2,(H,15,16);8H,4-7H2,1-3H3;1-2H3/b8-3-,9-4+;;. The molecule has 1 atom stereocenters. The largest absolute Gasteiger partial charge is 0.497 e. The van der Waals surface area contributed by atoms with Gasteiger partial charge in [-0.25, -0.2) is 5.48 Å². The Labute approximate surface area is 172 Å². The van der Waals surface area contributed by atoms with E-state index in [1.54, 1.807) is 12.2 Å². The van der Waals surface area contributed by atoms with Gasteiger partial charge in [0.15, 0.2) is 0 Å². The summed E-state index contributed by atoms with van der Waals surface area (Å²) < 4.78 is 5.27. The summed E-state index contributed by atoms with van der Waals surface area (Å²) in [5.41, 5.74) is 3.56. The Morgan fingerprint density at radius 1 is 1.29 bits per heavy atom. The van der Waals surface area contributed by atoms with E-state index in [2.05, 4.69) is 27.4 Å². The van der Waals surface area contributed by atoms with E-state index in [1.807, 2.05) is 38.1 Å². The molecule has 1 amide bonds. The molecule has 0 fully saturated rings. The zero-order valence-electron chi connectivity index (χ0n) is 18.3. The number of allylic oxidation sites excluding steroid dienone is 2. The lowest BCUT2D eigenvalue weighted by molar-refractivity contribution is -0.124. The lowest BCUT2D eigenvalue weighted by Gasteiger charge is -2.04. The van der Waals surface area contributed by atoms with Crippen molar-refractivity contribution in [3.05, 3.63) is 66.5 Å². The van der Waals surface area contributed by atoms with E-state index >= 15 is 0 Å². The first kappa shape index (κ1) is 27.9. The minimum absolute atomic E-state index is 0.443. The molecule has 4 nitrogen and oxygen atoms in total. The van der Waals surface area contributed by atoms with Crippen molar-refractivity contribution in [3.63, 3.8) is 0 Å². The van der Waals surface area contributed by atoms with Crippen LogP contribution in [-0.4, -0.2) is 11.1 Å². The number of carbonyl (C=O) groups is 1. The molecule has 1 unspecified atom stereocenters. The second-order valence-electron chi connectivity index (χ2n) is 6.08. The van der Waals surface area contributed by atoms with Crippen LogP contribution < -0.4 is 5.48 Å². The number of hydroxylamine groups is 1. The second kappa shape index (κ2) is 21.0. The van der Waals surface area contributed by atoms with Crippen LogP contribution in [0.2, 0.25) is 0 Å². The maximum absolute atomic E-state index is 10.6. The molecule has 0 spiro atoms. The number of benzene rings is 1. The highest BCUT2D eigenvalue weighted by Gasteiger charge is 1.94. The summed E-state index contributed by atoms with van der Waals surface area (Å²) in [5, 5.41) is 8.22. The quantitative estimate of drug-likeness (QED) is 0.154. The number of unbranched alkanes of at least 4 members (excludes halogenated alkanes) is 1. The zero-order valence-corrected chi connectivity index (χ0v) is 18.3. The normalized spacial score (nSPS) is 11.1. The molecule has 2 N–H and O–H groups in total. The van der Waals surface area contributed by atoms with Crippen LogP contribution >= 0.6 is 0 Å². The monoisotopic (exact) mass is 389 g/mol. The minimum Gasteiger partial charge on any atom is -0.497 e. The Hall–Kier alpha value is -2.33. The topological polar surface area (TPSA) is 58.6 Å². The van der Waals surface area contributed by atoms with E-state index in [1.165, 1.54) is 49.6 Å². The van der Waals surface area contributed by atoms with Crippen molar-refractivity contribution in [1.82, 2.24) is 5.48 Å². The zero-order chi connectivity index (χ0) is 21.6. The fourth-order valence-corrected chi connectivity index (χ4v) is 1.99. The number of nitrogens with one attached hydrogen (secondary N) is 1. The molecule has 1 aromatic carbocycles. The number of hydrogen-bond donors (Lipinski definition) is 2. The Balaban J connectivity index is 0. The fourth-order valence-electron chi connectivity index (χ4n) is 1.99. The molecule has 0 aromatic heterocycles. The van der Waals surface area contributed by atoms with E-state index in [0.29, 0.717) is 6.61 Å². The summed E-state index contributed by atoms with van der Waals surface area (Å²) in [5.74, 6) is 0.369. The SMILES string of the molecule is C=Cc1cccc(CO/C=C/C=C\C(=O)NO)c1.CC.CCCCC(C)CC. The van der Waals surface area contributed by atoms with Gasteiger partial charge in [-0.05, 0) is 29.2 Å². The fraction of sp³-hybridized carbons (Fsp3) is 0.458. The number of rotatable bonds is 10. The van der Waals surface area contributed by atoms with Gasteiger partial charge in [0.1, 0.15) is 6.61 Å². The Morgan fingerprint density at radius 2 is 2.00 bits per heavy atom. The summed E-state index contributed by atoms with van der Waals surface area (Å²) in [4.78, 5) is 10.6. The first-order chi connectivity index (χ1) is 13.6. The molecule has 0 aliphatic heterocycles. The van der Waals surface area contributed by atoms with Gasteiger partial charge in [-0.2, -0.15) is 0 Å². The van der Waals surface area contributed by atoms with E-state index in [-0.39, 0.29) is 0 Å². The van der Waals surface area contributed by atoms with E-state index in [0.717, 1.165) is 17.0 Å². The molecular formula is C24H39NO3. The van der Waals surface area contributed by atoms with Crippen molar-refractivity contribution in [1.29, 1.82) is 0 Å². The summed E-state index contributed by atoms with van der Waals surface area (Å²) in [7, 11) is 0. The van der Waals surface area contributed by atoms with Gasteiger partial charge in [-0.1, -0.05) is 97.2 Å². The van der Waals surface area contributed by atoms with Crippen LogP contribution in [-0.2, 0) is 16.1 Å². The van der Waals surface area contributed by atoms with Crippen molar-refractivity contribution in [3.8, 4) is 0 Å². The van der Waals surface area contributed by atoms with Gasteiger partial charge in [-0.3, -0.25) is 10.0 Å². The molecule has 0 bridgehead atoms. The molecule has 0 radical (unpaired) electrons. The number of hydrogen-bond acceptors (Lipinski definition) is 3. The number of amides is 1. The number of ether oxygens (including phenoxy) is 1. The predicted molar refractivity (Wildman–Crippen MR) is 120 cm³/mol. The molecule has 1 aromatic rings. The first-order valence-electron chi connectivity index (χ1n) is 10.2. The van der Waals surface area contributed by atoms with Crippen molar-refractivity contribution in [2.24, 2.45) is 5.92 Å². The van der Waals surface area contributed by atoms with Gasteiger partial charge >= 0.3 is 0 Å². The molecule has 158 valence electrons. The van der Waals surface area contributed by atoms with Crippen molar-refractivity contribution in [2.45, 2.75) is 66.9 Å². The highest BCUT2D eigenvalue weighted by Crippen LogP contribution is 2.10. The van der Waals surface area contributed by atoms with Crippen molar-refractivity contribution < 1.29 is 14.7 Å². The van der Waals surface area contributed by atoms with Crippen molar-refractivity contribution >= 4 is 12.0 Å². The van der Waals surface area contributed by atoms with Gasteiger partial charge in [0.25, 0.3) is 5.91 Å². The van der Waals surface area contributed by atoms with Gasteiger partial charge in [0.2, 0.25) is 0 Å². The molecule has 0 heterocycles. The minimum atomic E-state index is -0.585. The van der Waals surface area contributed by atoms with Crippen LogP contribution in [0.4, 0.5) is 0 Å². The van der Waals surface area contributed by atoms with Crippen LogP contribution in [0.5, 0.6) is 0 Å². The van der Waals surface area contributed by atoms with Crippen LogP contribution in [0.15, 0.2) is 55.3 Å². The van der Waals surface area contributed by atoms with E-state index < -0.39 is 5.91 Å². The van der Waals surface area contributed by atoms with Crippen LogP contribution in [0.25, 0.3) is 6.08 Å². The van der Waals surface area contributed by atoms with Crippen LogP contribution in [0.3, 0.4) is 0 Å². The highest BCUT2D eigenvalue weighted by molar-refractivity contribution is 5.86. The average Bonchev–Trinajstić information content (AvgIpc) is 2.76. The second-order valence-corrected chi connectivity index (χ2v) is 6.08. The Morgan fingerprint density at radius 3 is 2.57 bits per heavy atom. The maximum Gasteiger partial charge on any atom is 0.267 e. The van der Waals surface area contributed by atoms with E-state index in [9.17, 15) is 4.79 Å². The first-order valence-corrected chi connectivity index (χ1v) is 10.2. The third-order valence-corrected chi connectivity index (χ3v) is 3.83. The maximum atomic E-state index is 10.6. The smallest absolute Gasteiger partial charge is 0.267 e. The van der Waals surface area contributed by atoms with Crippen LogP contribution in [0.1, 0.15) is 71.4 Å². The molecule has 1 rings (SSSR count). The lowest BCUT2D eigenvalue weighted by atomic mass is 10.0.